The number of aryl methyl sites for hydroxylation is 2. The van der Waals surface area contributed by atoms with Gasteiger partial charge < -0.3 is 5.32 Å². The van der Waals surface area contributed by atoms with Crippen LogP contribution in [0.15, 0.2) is 42.7 Å². The number of nitrogens with one attached hydrogen (secondary N) is 1. The Balaban J connectivity index is 1.64. The number of aromatic nitrogens is 6. The van der Waals surface area contributed by atoms with Crippen molar-refractivity contribution < 1.29 is 4.79 Å². The van der Waals surface area contributed by atoms with Crippen LogP contribution in [0, 0.1) is 13.8 Å². The second-order valence-corrected chi connectivity index (χ2v) is 5.94. The molecule has 8 nitrogen and oxygen atoms in total. The van der Waals surface area contributed by atoms with Crippen LogP contribution in [-0.2, 0) is 17.8 Å². The molecular weight excluding hydrogens is 318 g/mol. The highest BCUT2D eigenvalue weighted by molar-refractivity contribution is 5.80. The van der Waals surface area contributed by atoms with Crippen molar-refractivity contribution in [3.05, 3.63) is 59.7 Å². The summed E-state index contributed by atoms with van der Waals surface area (Å²) in [7, 11) is 0. The Morgan fingerprint density at radius 2 is 2.04 bits per heavy atom. The minimum absolute atomic E-state index is 0.113. The van der Waals surface area contributed by atoms with Gasteiger partial charge in [0.25, 0.3) is 0 Å². The lowest BCUT2D eigenvalue weighted by atomic mass is 10.1. The summed E-state index contributed by atoms with van der Waals surface area (Å²) < 4.78 is 3.38. The molecular formula is C17H21N7O. The third-order valence-electron chi connectivity index (χ3n) is 3.98. The maximum Gasteiger partial charge on any atom is 0.245 e. The molecule has 0 saturated heterocycles. The fourth-order valence-corrected chi connectivity index (χ4v) is 2.76. The van der Waals surface area contributed by atoms with E-state index in [0.29, 0.717) is 19.5 Å². The Labute approximate surface area is 145 Å². The summed E-state index contributed by atoms with van der Waals surface area (Å²) in [6.07, 6.45) is 1.99. The van der Waals surface area contributed by atoms with E-state index in [1.165, 1.54) is 11.0 Å². The molecule has 0 saturated carbocycles. The largest absolute Gasteiger partial charge is 0.352 e. The van der Waals surface area contributed by atoms with Gasteiger partial charge in [0.2, 0.25) is 5.91 Å². The molecule has 1 atom stereocenters. The van der Waals surface area contributed by atoms with Crippen molar-refractivity contribution >= 4 is 5.91 Å². The van der Waals surface area contributed by atoms with Crippen LogP contribution >= 0.6 is 0 Å². The van der Waals surface area contributed by atoms with Crippen LogP contribution in [0.3, 0.4) is 0 Å². The van der Waals surface area contributed by atoms with Crippen LogP contribution in [0.4, 0.5) is 0 Å². The fraction of sp³-hybridized carbons (Fsp3) is 0.353. The molecule has 0 bridgehead atoms. The summed E-state index contributed by atoms with van der Waals surface area (Å²) in [4.78, 5) is 12.7. The van der Waals surface area contributed by atoms with Crippen molar-refractivity contribution in [3.63, 3.8) is 0 Å². The van der Waals surface area contributed by atoms with E-state index in [1.807, 2.05) is 54.9 Å². The summed E-state index contributed by atoms with van der Waals surface area (Å²) in [6.45, 7) is 5.07. The fourth-order valence-electron chi connectivity index (χ4n) is 2.76. The van der Waals surface area contributed by atoms with E-state index in [-0.39, 0.29) is 5.91 Å². The number of nitrogens with zero attached hydrogens (tertiary/aromatic N) is 6. The Bertz CT molecular complexity index is 811. The highest BCUT2D eigenvalue weighted by atomic mass is 16.2. The molecule has 0 unspecified atom stereocenters. The van der Waals surface area contributed by atoms with Crippen LogP contribution in [-0.4, -0.2) is 42.4 Å². The first-order valence-electron chi connectivity index (χ1n) is 8.18. The van der Waals surface area contributed by atoms with Crippen LogP contribution in [0.2, 0.25) is 0 Å². The minimum atomic E-state index is -0.488. The van der Waals surface area contributed by atoms with Crippen molar-refractivity contribution in [1.29, 1.82) is 0 Å². The topological polar surface area (TPSA) is 90.5 Å². The summed E-state index contributed by atoms with van der Waals surface area (Å²) in [5, 5.41) is 18.5. The van der Waals surface area contributed by atoms with E-state index in [9.17, 15) is 4.79 Å². The zero-order chi connectivity index (χ0) is 17.6. The van der Waals surface area contributed by atoms with Crippen molar-refractivity contribution in [2.24, 2.45) is 0 Å². The first-order valence-corrected chi connectivity index (χ1v) is 8.18. The van der Waals surface area contributed by atoms with Crippen molar-refractivity contribution in [2.45, 2.75) is 32.9 Å². The highest BCUT2D eigenvalue weighted by Crippen LogP contribution is 2.13. The highest BCUT2D eigenvalue weighted by Gasteiger charge is 2.22. The van der Waals surface area contributed by atoms with Gasteiger partial charge in [0.15, 0.2) is 0 Å². The zero-order valence-electron chi connectivity index (χ0n) is 14.3. The average molecular weight is 339 g/mol. The normalized spacial score (nSPS) is 12.1. The third kappa shape index (κ3) is 4.28. The summed E-state index contributed by atoms with van der Waals surface area (Å²) in [5.74, 6) is -0.113. The molecule has 25 heavy (non-hydrogen) atoms. The molecule has 2 heterocycles. The van der Waals surface area contributed by atoms with Gasteiger partial charge in [0, 0.05) is 18.7 Å². The molecule has 2 aromatic heterocycles. The van der Waals surface area contributed by atoms with Crippen molar-refractivity contribution in [3.8, 4) is 0 Å². The number of hydrogen-bond acceptors (Lipinski definition) is 5. The number of rotatable bonds is 7. The lowest BCUT2D eigenvalue weighted by Crippen LogP contribution is -2.36. The molecule has 0 aliphatic carbocycles. The number of benzene rings is 1. The van der Waals surface area contributed by atoms with Gasteiger partial charge in [0.05, 0.1) is 12.2 Å². The Kier molecular flexibility index (Phi) is 5.17. The zero-order valence-corrected chi connectivity index (χ0v) is 14.3. The number of amides is 1. The van der Waals surface area contributed by atoms with E-state index in [2.05, 4.69) is 25.9 Å². The first-order chi connectivity index (χ1) is 12.1. The molecule has 3 rings (SSSR count). The monoisotopic (exact) mass is 339 g/mol. The maximum atomic E-state index is 12.7. The van der Waals surface area contributed by atoms with E-state index in [0.717, 1.165) is 17.0 Å². The van der Waals surface area contributed by atoms with Gasteiger partial charge in [-0.05, 0) is 35.9 Å². The average Bonchev–Trinajstić information content (AvgIpc) is 3.23. The lowest BCUT2D eigenvalue weighted by molar-refractivity contribution is -0.124. The second kappa shape index (κ2) is 7.69. The molecule has 3 aromatic rings. The van der Waals surface area contributed by atoms with Crippen LogP contribution in [0.1, 0.15) is 23.0 Å². The van der Waals surface area contributed by atoms with Crippen LogP contribution in [0.5, 0.6) is 0 Å². The number of hydrogen-bond donors (Lipinski definition) is 1. The van der Waals surface area contributed by atoms with Gasteiger partial charge in [-0.1, -0.05) is 30.3 Å². The summed E-state index contributed by atoms with van der Waals surface area (Å²) in [5.41, 5.74) is 3.10. The molecule has 1 aromatic carbocycles. The van der Waals surface area contributed by atoms with E-state index in [4.69, 9.17) is 0 Å². The smallest absolute Gasteiger partial charge is 0.245 e. The Morgan fingerprint density at radius 1 is 1.24 bits per heavy atom. The van der Waals surface area contributed by atoms with Crippen molar-refractivity contribution in [2.75, 3.05) is 6.54 Å². The van der Waals surface area contributed by atoms with Crippen molar-refractivity contribution in [1.82, 2.24) is 35.3 Å². The van der Waals surface area contributed by atoms with Gasteiger partial charge >= 0.3 is 0 Å². The predicted octanol–water partition coefficient (Wildman–Crippen LogP) is 1.09. The van der Waals surface area contributed by atoms with Gasteiger partial charge in [-0.3, -0.25) is 9.48 Å². The maximum absolute atomic E-state index is 12.7. The second-order valence-electron chi connectivity index (χ2n) is 5.94. The molecule has 0 aliphatic heterocycles. The third-order valence-corrected chi connectivity index (χ3v) is 3.98. The van der Waals surface area contributed by atoms with Crippen LogP contribution in [0.25, 0.3) is 0 Å². The van der Waals surface area contributed by atoms with Gasteiger partial charge in [-0.2, -0.15) is 5.10 Å². The minimum Gasteiger partial charge on any atom is -0.352 e. The molecule has 0 fully saturated rings. The molecule has 0 radical (unpaired) electrons. The summed E-state index contributed by atoms with van der Waals surface area (Å²) in [6, 6.07) is 11.4. The van der Waals surface area contributed by atoms with Gasteiger partial charge in [0.1, 0.15) is 12.4 Å². The quantitative estimate of drug-likeness (QED) is 0.696. The molecule has 1 N–H and O–H groups in total. The molecule has 130 valence electrons. The number of carbonyl (C=O) groups excluding carboxylic acids is 1. The molecule has 0 spiro atoms. The van der Waals surface area contributed by atoms with E-state index >= 15 is 0 Å². The summed E-state index contributed by atoms with van der Waals surface area (Å²) >= 11 is 0. The SMILES string of the molecule is Cc1cc(C)n(CCNC(=O)[C@@H](Cc2ccccc2)n2cnnn2)n1. The first kappa shape index (κ1) is 16.8. The van der Waals surface area contributed by atoms with Gasteiger partial charge in [-0.15, -0.1) is 5.10 Å². The van der Waals surface area contributed by atoms with Crippen LogP contribution < -0.4 is 5.32 Å². The molecule has 0 aliphatic rings. The standard InChI is InChI=1S/C17H21N7O/c1-13-10-14(2)23(20-13)9-8-18-17(25)16(24-12-19-21-22-24)11-15-6-4-3-5-7-15/h3-7,10,12,16H,8-9,11H2,1-2H3,(H,18,25)/t16-/m1/s1. The van der Waals surface area contributed by atoms with Gasteiger partial charge in [-0.25, -0.2) is 4.68 Å². The van der Waals surface area contributed by atoms with E-state index in [1.54, 1.807) is 0 Å². The number of carbonyl (C=O) groups is 1. The van der Waals surface area contributed by atoms with E-state index < -0.39 is 6.04 Å². The Hall–Kier alpha value is -3.03. The molecule has 8 heteroatoms. The number of tetrazole rings is 1. The molecule has 1 amide bonds. The lowest BCUT2D eigenvalue weighted by Gasteiger charge is -2.16. The Morgan fingerprint density at radius 3 is 2.68 bits per heavy atom. The predicted molar refractivity (Wildman–Crippen MR) is 91.7 cm³/mol.